The number of halogens is 1. The van der Waals surface area contributed by atoms with Crippen molar-refractivity contribution < 1.29 is 23.9 Å². The summed E-state index contributed by atoms with van der Waals surface area (Å²) in [5.74, 6) is -0.937. The van der Waals surface area contributed by atoms with E-state index < -0.39 is 11.2 Å². The predicted octanol–water partition coefficient (Wildman–Crippen LogP) is 5.78. The fourth-order valence-electron chi connectivity index (χ4n) is 4.40. The third-order valence-corrected chi connectivity index (χ3v) is 9.21. The molecule has 1 aromatic heterocycles. The van der Waals surface area contributed by atoms with Gasteiger partial charge >= 0.3 is 5.97 Å². The number of fused-ring (bicyclic) bond motifs is 1. The molecule has 0 radical (unpaired) electrons. The van der Waals surface area contributed by atoms with Crippen LogP contribution in [0.5, 0.6) is 0 Å². The topological polar surface area (TPSA) is 105 Å². The zero-order chi connectivity index (χ0) is 28.8. The Morgan fingerprint density at radius 1 is 1.12 bits per heavy atom. The Balaban J connectivity index is 1.45. The van der Waals surface area contributed by atoms with Crippen molar-refractivity contribution >= 4 is 69.1 Å². The SMILES string of the molecule is CCC(Sc1cccc(NC(=O)Cc2ccc(Cl)cc2)c1)C(=O)Nc1sc2c(c1C(=O)OC)CCN(C(C)=O)C2. The van der Waals surface area contributed by atoms with Gasteiger partial charge in [0.25, 0.3) is 0 Å². The number of carbonyl (C=O) groups excluding carboxylic acids is 4. The molecule has 0 spiro atoms. The van der Waals surface area contributed by atoms with Gasteiger partial charge in [0.05, 0.1) is 30.9 Å². The van der Waals surface area contributed by atoms with Crippen molar-refractivity contribution in [2.24, 2.45) is 0 Å². The van der Waals surface area contributed by atoms with Crippen LogP contribution in [0.2, 0.25) is 5.02 Å². The van der Waals surface area contributed by atoms with Crippen LogP contribution in [0.15, 0.2) is 53.4 Å². The molecule has 2 aromatic carbocycles. The van der Waals surface area contributed by atoms with E-state index in [9.17, 15) is 19.2 Å². The van der Waals surface area contributed by atoms with Gasteiger partial charge in [0.1, 0.15) is 5.00 Å². The standard InChI is InChI=1S/C29H30ClN3O5S2/c1-4-23(39-21-7-5-6-20(15-21)31-25(35)14-18-8-10-19(30)11-9-18)27(36)32-28-26(29(37)38-3)22-12-13-33(17(2)34)16-24(22)40-28/h5-11,15,23H,4,12-14,16H2,1-3H3,(H,31,35)(H,32,36). The van der Waals surface area contributed by atoms with Crippen LogP contribution in [0.1, 0.15) is 46.6 Å². The first-order valence-electron chi connectivity index (χ1n) is 12.8. The first kappa shape index (κ1) is 29.6. The molecular weight excluding hydrogens is 570 g/mol. The van der Waals surface area contributed by atoms with Crippen molar-refractivity contribution in [2.45, 2.75) is 49.8 Å². The molecule has 11 heteroatoms. The van der Waals surface area contributed by atoms with Crippen molar-refractivity contribution in [3.63, 3.8) is 0 Å². The quantitative estimate of drug-likeness (QED) is 0.238. The molecule has 0 saturated carbocycles. The summed E-state index contributed by atoms with van der Waals surface area (Å²) >= 11 is 8.61. The molecule has 210 valence electrons. The first-order chi connectivity index (χ1) is 19.2. The molecule has 1 aliphatic rings. The molecule has 1 unspecified atom stereocenters. The number of nitrogens with one attached hydrogen (secondary N) is 2. The van der Waals surface area contributed by atoms with Crippen molar-refractivity contribution in [1.82, 2.24) is 4.90 Å². The molecule has 2 N–H and O–H groups in total. The number of nitrogens with zero attached hydrogens (tertiary/aromatic N) is 1. The van der Waals surface area contributed by atoms with Crippen molar-refractivity contribution in [2.75, 3.05) is 24.3 Å². The molecule has 1 aliphatic heterocycles. The van der Waals surface area contributed by atoms with Crippen molar-refractivity contribution in [1.29, 1.82) is 0 Å². The maximum atomic E-state index is 13.4. The van der Waals surface area contributed by atoms with Gasteiger partial charge in [0.2, 0.25) is 17.7 Å². The number of benzene rings is 2. The van der Waals surface area contributed by atoms with Crippen molar-refractivity contribution in [3.8, 4) is 0 Å². The number of hydrogen-bond acceptors (Lipinski definition) is 7. The smallest absolute Gasteiger partial charge is 0.341 e. The fraction of sp³-hybridized carbons (Fsp3) is 0.310. The van der Waals surface area contributed by atoms with Gasteiger partial charge in [0.15, 0.2) is 0 Å². The highest BCUT2D eigenvalue weighted by molar-refractivity contribution is 8.00. The highest BCUT2D eigenvalue weighted by atomic mass is 35.5. The molecular formula is C29H30ClN3O5S2. The number of methoxy groups -OCH3 is 1. The van der Waals surface area contributed by atoms with E-state index in [-0.39, 0.29) is 24.1 Å². The van der Waals surface area contributed by atoms with E-state index in [0.29, 0.717) is 47.2 Å². The molecule has 0 saturated heterocycles. The molecule has 0 aliphatic carbocycles. The lowest BCUT2D eigenvalue weighted by Crippen LogP contribution is -2.34. The van der Waals surface area contributed by atoms with Crippen LogP contribution < -0.4 is 10.6 Å². The summed E-state index contributed by atoms with van der Waals surface area (Å²) in [6.07, 6.45) is 1.28. The number of esters is 1. The number of ether oxygens (including phenoxy) is 1. The Bertz CT molecular complexity index is 1420. The third-order valence-electron chi connectivity index (χ3n) is 6.47. The lowest BCUT2D eigenvalue weighted by molar-refractivity contribution is -0.129. The number of rotatable bonds is 9. The highest BCUT2D eigenvalue weighted by Gasteiger charge is 2.31. The number of thioether (sulfide) groups is 1. The van der Waals surface area contributed by atoms with Gasteiger partial charge in [-0.2, -0.15) is 0 Å². The molecule has 4 rings (SSSR count). The summed E-state index contributed by atoms with van der Waals surface area (Å²) in [7, 11) is 1.31. The van der Waals surface area contributed by atoms with Crippen LogP contribution in [0, 0.1) is 0 Å². The lowest BCUT2D eigenvalue weighted by Gasteiger charge is -2.25. The van der Waals surface area contributed by atoms with Gasteiger partial charge in [-0.25, -0.2) is 4.79 Å². The minimum atomic E-state index is -0.508. The molecule has 1 atom stereocenters. The van der Waals surface area contributed by atoms with Crippen molar-refractivity contribution in [3.05, 3.63) is 75.1 Å². The van der Waals surface area contributed by atoms with E-state index in [4.69, 9.17) is 16.3 Å². The number of hydrogen-bond donors (Lipinski definition) is 2. The number of amides is 3. The maximum absolute atomic E-state index is 13.4. The normalized spacial score (nSPS) is 13.2. The number of carbonyl (C=O) groups is 4. The van der Waals surface area contributed by atoms with Crippen LogP contribution in [-0.2, 0) is 38.5 Å². The predicted molar refractivity (Wildman–Crippen MR) is 159 cm³/mol. The van der Waals surface area contributed by atoms with Crippen LogP contribution in [0.3, 0.4) is 0 Å². The number of thiophene rings is 1. The molecule has 3 aromatic rings. The minimum Gasteiger partial charge on any atom is -0.465 e. The summed E-state index contributed by atoms with van der Waals surface area (Å²) in [6, 6.07) is 14.5. The first-order valence-corrected chi connectivity index (χ1v) is 14.9. The van der Waals surface area contributed by atoms with E-state index in [1.807, 2.05) is 37.3 Å². The Kier molecular flexibility index (Phi) is 9.89. The Morgan fingerprint density at radius 2 is 1.88 bits per heavy atom. The molecule has 2 heterocycles. The molecule has 40 heavy (non-hydrogen) atoms. The largest absolute Gasteiger partial charge is 0.465 e. The second-order valence-corrected chi connectivity index (χ2v) is 12.1. The van der Waals surface area contributed by atoms with Gasteiger partial charge < -0.3 is 20.3 Å². The maximum Gasteiger partial charge on any atom is 0.341 e. The molecule has 8 nitrogen and oxygen atoms in total. The van der Waals surface area contributed by atoms with Crippen LogP contribution in [0.25, 0.3) is 0 Å². The number of anilines is 2. The van der Waals surface area contributed by atoms with E-state index in [1.54, 1.807) is 23.1 Å². The van der Waals surface area contributed by atoms with E-state index in [2.05, 4.69) is 10.6 Å². The van der Waals surface area contributed by atoms with E-state index in [0.717, 1.165) is 20.9 Å². The zero-order valence-electron chi connectivity index (χ0n) is 22.4. The minimum absolute atomic E-state index is 0.0323. The molecule has 0 fully saturated rings. The molecule has 3 amide bonds. The Morgan fingerprint density at radius 3 is 2.55 bits per heavy atom. The fourth-order valence-corrected chi connectivity index (χ4v) is 6.79. The monoisotopic (exact) mass is 599 g/mol. The van der Waals surface area contributed by atoms with Gasteiger partial charge in [-0.3, -0.25) is 14.4 Å². The van der Waals surface area contributed by atoms with Gasteiger partial charge in [-0.05, 0) is 54.3 Å². The van der Waals surface area contributed by atoms with E-state index in [1.165, 1.54) is 37.1 Å². The summed E-state index contributed by atoms with van der Waals surface area (Å²) in [4.78, 5) is 53.9. The average Bonchev–Trinajstić information content (AvgIpc) is 3.29. The van der Waals surface area contributed by atoms with Gasteiger partial charge in [-0.15, -0.1) is 23.1 Å². The summed E-state index contributed by atoms with van der Waals surface area (Å²) in [6.45, 7) is 4.35. The van der Waals surface area contributed by atoms with E-state index >= 15 is 0 Å². The van der Waals surface area contributed by atoms with Gasteiger partial charge in [0, 0.05) is 34.0 Å². The van der Waals surface area contributed by atoms with Crippen LogP contribution in [-0.4, -0.2) is 47.5 Å². The third kappa shape index (κ3) is 7.24. The zero-order valence-corrected chi connectivity index (χ0v) is 24.8. The summed E-state index contributed by atoms with van der Waals surface area (Å²) in [5.41, 5.74) is 2.68. The molecule has 0 bridgehead atoms. The van der Waals surface area contributed by atoms with Crippen LogP contribution >= 0.6 is 34.7 Å². The summed E-state index contributed by atoms with van der Waals surface area (Å²) < 4.78 is 5.02. The second-order valence-electron chi connectivity index (χ2n) is 9.27. The summed E-state index contributed by atoms with van der Waals surface area (Å²) in [5, 5.41) is 6.47. The lowest BCUT2D eigenvalue weighted by atomic mass is 10.0. The highest BCUT2D eigenvalue weighted by Crippen LogP contribution is 2.38. The average molecular weight is 600 g/mol. The van der Waals surface area contributed by atoms with Gasteiger partial charge in [-0.1, -0.05) is 36.7 Å². The van der Waals surface area contributed by atoms with Crippen LogP contribution in [0.4, 0.5) is 10.7 Å². The Labute approximate surface area is 246 Å². The second kappa shape index (κ2) is 13.3. The Hall–Kier alpha value is -3.34.